The standard InChI is InChI=1S/C12H16NO5/c1-7(15)8-3-2-4-13(5-8)12-11(17)10(16)9(6-14)18-12/h2-5,9-12,14,16-17H,6H2,1H3/q+1. The second-order valence-electron chi connectivity index (χ2n) is 4.32. The summed E-state index contributed by atoms with van der Waals surface area (Å²) in [7, 11) is 0. The highest BCUT2D eigenvalue weighted by Crippen LogP contribution is 2.25. The number of aliphatic hydroxyl groups excluding tert-OH is 3. The third-order valence-electron chi connectivity index (χ3n) is 3.04. The summed E-state index contributed by atoms with van der Waals surface area (Å²) >= 11 is 0. The fourth-order valence-corrected chi connectivity index (χ4v) is 1.99. The van der Waals surface area contributed by atoms with Crippen molar-refractivity contribution >= 4 is 5.78 Å². The minimum atomic E-state index is -1.14. The maximum atomic E-state index is 11.3. The summed E-state index contributed by atoms with van der Waals surface area (Å²) in [6.07, 6.45) is -0.743. The number of Topliss-reactive ketones (excluding diaryl/α,β-unsaturated/α-hetero) is 1. The third-order valence-corrected chi connectivity index (χ3v) is 3.04. The van der Waals surface area contributed by atoms with Gasteiger partial charge in [-0.3, -0.25) is 4.79 Å². The number of pyridine rings is 1. The van der Waals surface area contributed by atoms with Crippen LogP contribution in [-0.2, 0) is 4.74 Å². The Hall–Kier alpha value is -1.34. The first kappa shape index (κ1) is 13.1. The zero-order valence-electron chi connectivity index (χ0n) is 9.93. The van der Waals surface area contributed by atoms with Crippen LogP contribution in [0, 0.1) is 0 Å². The molecule has 0 aliphatic carbocycles. The molecular weight excluding hydrogens is 238 g/mol. The Morgan fingerprint density at radius 3 is 2.72 bits per heavy atom. The van der Waals surface area contributed by atoms with Gasteiger partial charge in [-0.1, -0.05) is 0 Å². The van der Waals surface area contributed by atoms with Gasteiger partial charge in [0.05, 0.1) is 12.2 Å². The van der Waals surface area contributed by atoms with Crippen LogP contribution in [-0.4, -0.2) is 46.0 Å². The van der Waals surface area contributed by atoms with Gasteiger partial charge in [-0.2, -0.15) is 4.57 Å². The fourth-order valence-electron chi connectivity index (χ4n) is 1.99. The van der Waals surface area contributed by atoms with Crippen molar-refractivity contribution in [2.24, 2.45) is 0 Å². The average molecular weight is 254 g/mol. The predicted octanol–water partition coefficient (Wildman–Crippen LogP) is -1.21. The summed E-state index contributed by atoms with van der Waals surface area (Å²) < 4.78 is 6.87. The molecule has 4 unspecified atom stereocenters. The highest BCUT2D eigenvalue weighted by Gasteiger charge is 2.47. The minimum Gasteiger partial charge on any atom is -0.394 e. The van der Waals surface area contributed by atoms with E-state index in [9.17, 15) is 15.0 Å². The van der Waals surface area contributed by atoms with E-state index in [1.54, 1.807) is 24.5 Å². The second kappa shape index (κ2) is 5.11. The number of aromatic nitrogens is 1. The van der Waals surface area contributed by atoms with Crippen LogP contribution in [0.3, 0.4) is 0 Å². The Morgan fingerprint density at radius 1 is 1.44 bits per heavy atom. The van der Waals surface area contributed by atoms with Crippen molar-refractivity contribution in [1.29, 1.82) is 0 Å². The lowest BCUT2D eigenvalue weighted by molar-refractivity contribution is -0.765. The van der Waals surface area contributed by atoms with Gasteiger partial charge < -0.3 is 20.1 Å². The van der Waals surface area contributed by atoms with E-state index in [-0.39, 0.29) is 12.4 Å². The van der Waals surface area contributed by atoms with Gasteiger partial charge in [0, 0.05) is 6.07 Å². The summed E-state index contributed by atoms with van der Waals surface area (Å²) in [5.74, 6) is -0.101. The van der Waals surface area contributed by atoms with E-state index in [2.05, 4.69) is 0 Å². The molecule has 0 aromatic carbocycles. The van der Waals surface area contributed by atoms with Crippen molar-refractivity contribution < 1.29 is 29.4 Å². The number of hydrogen-bond donors (Lipinski definition) is 3. The van der Waals surface area contributed by atoms with Gasteiger partial charge in [-0.15, -0.1) is 0 Å². The van der Waals surface area contributed by atoms with Gasteiger partial charge in [-0.25, -0.2) is 0 Å². The Morgan fingerprint density at radius 2 is 2.17 bits per heavy atom. The molecule has 3 N–H and O–H groups in total. The number of ketones is 1. The predicted molar refractivity (Wildman–Crippen MR) is 59.7 cm³/mol. The molecule has 4 atom stereocenters. The second-order valence-corrected chi connectivity index (χ2v) is 4.32. The molecule has 0 saturated carbocycles. The smallest absolute Gasteiger partial charge is 0.292 e. The van der Waals surface area contributed by atoms with E-state index < -0.39 is 24.5 Å². The van der Waals surface area contributed by atoms with Crippen molar-refractivity contribution in [1.82, 2.24) is 0 Å². The topological polar surface area (TPSA) is 90.9 Å². The molecule has 1 aliphatic rings. The molecule has 1 saturated heterocycles. The molecule has 18 heavy (non-hydrogen) atoms. The summed E-state index contributed by atoms with van der Waals surface area (Å²) in [6, 6.07) is 3.31. The molecule has 1 aromatic rings. The lowest BCUT2D eigenvalue weighted by Crippen LogP contribution is -2.46. The van der Waals surface area contributed by atoms with Crippen LogP contribution in [0.1, 0.15) is 23.5 Å². The van der Waals surface area contributed by atoms with Crippen LogP contribution in [0.5, 0.6) is 0 Å². The van der Waals surface area contributed by atoms with Crippen LogP contribution in [0.25, 0.3) is 0 Å². The quantitative estimate of drug-likeness (QED) is 0.465. The number of nitrogens with zero attached hydrogens (tertiary/aromatic N) is 1. The van der Waals surface area contributed by atoms with E-state index in [1.807, 2.05) is 0 Å². The molecule has 0 radical (unpaired) electrons. The molecule has 98 valence electrons. The minimum absolute atomic E-state index is 0.101. The Bertz CT molecular complexity index is 450. The number of carbonyl (C=O) groups is 1. The molecule has 1 aromatic heterocycles. The van der Waals surface area contributed by atoms with Crippen molar-refractivity contribution in [3.8, 4) is 0 Å². The molecule has 2 heterocycles. The molecule has 6 heteroatoms. The van der Waals surface area contributed by atoms with Gasteiger partial charge >= 0.3 is 0 Å². The highest BCUT2D eigenvalue weighted by atomic mass is 16.6. The number of carbonyl (C=O) groups excluding carboxylic acids is 1. The number of hydrogen-bond acceptors (Lipinski definition) is 5. The molecule has 1 aliphatic heterocycles. The fraction of sp³-hybridized carbons (Fsp3) is 0.500. The summed E-state index contributed by atoms with van der Waals surface area (Å²) in [5, 5.41) is 28.5. The summed E-state index contributed by atoms with van der Waals surface area (Å²) in [5.41, 5.74) is 0.482. The number of rotatable bonds is 3. The first-order valence-electron chi connectivity index (χ1n) is 5.69. The van der Waals surface area contributed by atoms with Crippen molar-refractivity contribution in [3.63, 3.8) is 0 Å². The first-order chi connectivity index (χ1) is 8.54. The maximum Gasteiger partial charge on any atom is 0.292 e. The maximum absolute atomic E-state index is 11.3. The molecule has 0 amide bonds. The van der Waals surface area contributed by atoms with Crippen LogP contribution < -0.4 is 4.57 Å². The molecule has 2 rings (SSSR count). The van der Waals surface area contributed by atoms with Crippen molar-refractivity contribution in [2.45, 2.75) is 31.5 Å². The number of aliphatic hydroxyl groups is 3. The molecule has 1 fully saturated rings. The van der Waals surface area contributed by atoms with Crippen LogP contribution >= 0.6 is 0 Å². The molecule has 0 spiro atoms. The van der Waals surface area contributed by atoms with Crippen LogP contribution in [0.2, 0.25) is 0 Å². The van der Waals surface area contributed by atoms with E-state index in [1.165, 1.54) is 11.5 Å². The van der Waals surface area contributed by atoms with Crippen molar-refractivity contribution in [3.05, 3.63) is 30.1 Å². The molecule has 0 bridgehead atoms. The molecule has 6 nitrogen and oxygen atoms in total. The number of ether oxygens (including phenoxy) is 1. The van der Waals surface area contributed by atoms with Gasteiger partial charge in [0.1, 0.15) is 12.2 Å². The van der Waals surface area contributed by atoms with Gasteiger partial charge in [0.25, 0.3) is 6.23 Å². The summed E-state index contributed by atoms with van der Waals surface area (Å²) in [4.78, 5) is 11.3. The lowest BCUT2D eigenvalue weighted by atomic mass is 10.1. The Kier molecular flexibility index (Phi) is 3.72. The van der Waals surface area contributed by atoms with Crippen LogP contribution in [0.15, 0.2) is 24.5 Å². The summed E-state index contributed by atoms with van der Waals surface area (Å²) in [6.45, 7) is 1.07. The van der Waals surface area contributed by atoms with E-state index in [4.69, 9.17) is 9.84 Å². The van der Waals surface area contributed by atoms with E-state index in [0.717, 1.165) is 0 Å². The van der Waals surface area contributed by atoms with Gasteiger partial charge in [0.2, 0.25) is 0 Å². The van der Waals surface area contributed by atoms with E-state index >= 15 is 0 Å². The van der Waals surface area contributed by atoms with E-state index in [0.29, 0.717) is 5.56 Å². The largest absolute Gasteiger partial charge is 0.394 e. The monoisotopic (exact) mass is 254 g/mol. The highest BCUT2D eigenvalue weighted by molar-refractivity contribution is 5.93. The third kappa shape index (κ3) is 2.28. The molecular formula is C12H16NO5+. The van der Waals surface area contributed by atoms with Crippen molar-refractivity contribution in [2.75, 3.05) is 6.61 Å². The zero-order valence-corrected chi connectivity index (χ0v) is 9.93. The lowest BCUT2D eigenvalue weighted by Gasteiger charge is -2.09. The Labute approximate surface area is 104 Å². The first-order valence-corrected chi connectivity index (χ1v) is 5.69. The average Bonchev–Trinajstić information content (AvgIpc) is 2.66. The van der Waals surface area contributed by atoms with Crippen LogP contribution in [0.4, 0.5) is 0 Å². The normalized spacial score (nSPS) is 31.6. The Balaban J connectivity index is 2.27. The van der Waals surface area contributed by atoms with Gasteiger partial charge in [0.15, 0.2) is 24.3 Å². The SMILES string of the molecule is CC(=O)c1ccc[n+](C2OC(CO)C(O)C2O)c1. The van der Waals surface area contributed by atoms with Gasteiger partial charge in [-0.05, 0) is 13.0 Å². The zero-order chi connectivity index (χ0) is 13.3.